The van der Waals surface area contributed by atoms with Crippen LogP contribution in [0.1, 0.15) is 38.5 Å². The third-order valence-corrected chi connectivity index (χ3v) is 3.27. The molecule has 1 heterocycles. The molecule has 3 nitrogen and oxygen atoms in total. The summed E-state index contributed by atoms with van der Waals surface area (Å²) in [7, 11) is 0. The number of hydrogen-bond donors (Lipinski definition) is 1. The van der Waals surface area contributed by atoms with Crippen molar-refractivity contribution in [3.05, 3.63) is 0 Å². The molecule has 0 aromatic carbocycles. The lowest BCUT2D eigenvalue weighted by Gasteiger charge is -2.26. The van der Waals surface area contributed by atoms with Gasteiger partial charge in [0.25, 0.3) is 0 Å². The molecule has 1 aliphatic carbocycles. The molecule has 0 bridgehead atoms. The molecule has 80 valence electrons. The zero-order valence-corrected chi connectivity index (χ0v) is 8.74. The molecular formula is C11H20N2O. The quantitative estimate of drug-likeness (QED) is 0.747. The molecule has 0 aromatic rings. The van der Waals surface area contributed by atoms with Crippen LogP contribution in [-0.4, -0.2) is 25.1 Å². The van der Waals surface area contributed by atoms with Gasteiger partial charge in [-0.25, -0.2) is 0 Å². The monoisotopic (exact) mass is 196 g/mol. The molecule has 3 heteroatoms. The third-order valence-electron chi connectivity index (χ3n) is 3.27. The van der Waals surface area contributed by atoms with E-state index in [1.807, 2.05) is 0 Å². The molecule has 0 saturated heterocycles. The van der Waals surface area contributed by atoms with Crippen LogP contribution in [0.15, 0.2) is 4.99 Å². The molecule has 1 atom stereocenters. The van der Waals surface area contributed by atoms with Gasteiger partial charge in [0.15, 0.2) is 5.90 Å². The Morgan fingerprint density at radius 2 is 2.07 bits per heavy atom. The normalized spacial score (nSPS) is 28.6. The lowest BCUT2D eigenvalue weighted by Crippen LogP contribution is -2.26. The first kappa shape index (κ1) is 9.97. The summed E-state index contributed by atoms with van der Waals surface area (Å²) in [5.74, 6) is 1.64. The van der Waals surface area contributed by atoms with Crippen molar-refractivity contribution in [2.45, 2.75) is 44.6 Å². The molecule has 2 N–H and O–H groups in total. The Hall–Kier alpha value is -0.570. The number of nitrogens with two attached hydrogens (primary N) is 1. The molecule has 2 aliphatic rings. The largest absolute Gasteiger partial charge is 0.475 e. The molecular weight excluding hydrogens is 176 g/mol. The second-order valence-electron chi connectivity index (χ2n) is 4.33. The highest BCUT2D eigenvalue weighted by Crippen LogP contribution is 2.30. The Morgan fingerprint density at radius 3 is 2.79 bits per heavy atom. The second-order valence-corrected chi connectivity index (χ2v) is 4.33. The van der Waals surface area contributed by atoms with Crippen LogP contribution in [0.3, 0.4) is 0 Å². The zero-order chi connectivity index (χ0) is 9.80. The van der Waals surface area contributed by atoms with Crippen LogP contribution in [-0.2, 0) is 4.74 Å². The van der Waals surface area contributed by atoms with Crippen molar-refractivity contribution in [1.82, 2.24) is 0 Å². The van der Waals surface area contributed by atoms with Crippen LogP contribution < -0.4 is 5.73 Å². The number of ether oxygens (including phenoxy) is 1. The Labute approximate surface area is 85.7 Å². The van der Waals surface area contributed by atoms with Gasteiger partial charge in [-0.05, 0) is 18.8 Å². The molecule has 2 rings (SSSR count). The predicted molar refractivity (Wildman–Crippen MR) is 57.4 cm³/mol. The molecule has 0 spiro atoms. The topological polar surface area (TPSA) is 47.6 Å². The van der Waals surface area contributed by atoms with Crippen LogP contribution in [0.2, 0.25) is 0 Å². The van der Waals surface area contributed by atoms with Crippen molar-refractivity contribution in [2.24, 2.45) is 16.6 Å². The average molecular weight is 196 g/mol. The number of hydrogen-bond acceptors (Lipinski definition) is 3. The SMILES string of the molecule is NCCC1=NCC(C2CCCCC2)O1. The standard InChI is InChI=1S/C11H20N2O/c12-7-6-11-13-8-10(14-11)9-4-2-1-3-5-9/h9-10H,1-8,12H2. The molecule has 14 heavy (non-hydrogen) atoms. The lowest BCUT2D eigenvalue weighted by atomic mass is 9.85. The van der Waals surface area contributed by atoms with Gasteiger partial charge < -0.3 is 10.5 Å². The van der Waals surface area contributed by atoms with Crippen molar-refractivity contribution >= 4 is 5.90 Å². The summed E-state index contributed by atoms with van der Waals surface area (Å²) in [5, 5.41) is 0. The first-order chi connectivity index (χ1) is 6.90. The highest BCUT2D eigenvalue weighted by atomic mass is 16.5. The smallest absolute Gasteiger partial charge is 0.185 e. The third kappa shape index (κ3) is 2.27. The molecule has 0 amide bonds. The van der Waals surface area contributed by atoms with Crippen LogP contribution in [0.4, 0.5) is 0 Å². The van der Waals surface area contributed by atoms with Crippen molar-refractivity contribution in [3.63, 3.8) is 0 Å². The maximum Gasteiger partial charge on any atom is 0.185 e. The van der Waals surface area contributed by atoms with E-state index in [0.29, 0.717) is 12.6 Å². The summed E-state index contributed by atoms with van der Waals surface area (Å²) in [6.45, 7) is 1.52. The van der Waals surface area contributed by atoms with Gasteiger partial charge in [0.1, 0.15) is 6.10 Å². The maximum atomic E-state index is 5.81. The molecule has 1 fully saturated rings. The van der Waals surface area contributed by atoms with Crippen molar-refractivity contribution in [2.75, 3.05) is 13.1 Å². The van der Waals surface area contributed by atoms with E-state index in [9.17, 15) is 0 Å². The highest BCUT2D eigenvalue weighted by molar-refractivity contribution is 5.77. The Kier molecular flexibility index (Phi) is 3.40. The van der Waals surface area contributed by atoms with Gasteiger partial charge in [0.2, 0.25) is 0 Å². The van der Waals surface area contributed by atoms with E-state index in [1.54, 1.807) is 0 Å². The molecule has 1 aliphatic heterocycles. The summed E-state index contributed by atoms with van der Waals surface area (Å²) in [6, 6.07) is 0. The summed E-state index contributed by atoms with van der Waals surface area (Å²) in [4.78, 5) is 4.40. The van der Waals surface area contributed by atoms with Crippen LogP contribution in [0.5, 0.6) is 0 Å². The van der Waals surface area contributed by atoms with Crippen molar-refractivity contribution in [1.29, 1.82) is 0 Å². The number of aliphatic imine (C=N–C) groups is 1. The lowest BCUT2D eigenvalue weighted by molar-refractivity contribution is 0.120. The van der Waals surface area contributed by atoms with Gasteiger partial charge >= 0.3 is 0 Å². The van der Waals surface area contributed by atoms with Gasteiger partial charge in [-0.15, -0.1) is 0 Å². The zero-order valence-electron chi connectivity index (χ0n) is 8.74. The summed E-state index contributed by atoms with van der Waals surface area (Å²) < 4.78 is 5.81. The Balaban J connectivity index is 1.79. The fourth-order valence-electron chi connectivity index (χ4n) is 2.45. The van der Waals surface area contributed by atoms with E-state index < -0.39 is 0 Å². The predicted octanol–water partition coefficient (Wildman–Crippen LogP) is 1.71. The summed E-state index contributed by atoms with van der Waals surface area (Å²) in [6.07, 6.45) is 7.99. The minimum atomic E-state index is 0.372. The van der Waals surface area contributed by atoms with Gasteiger partial charge in [-0.2, -0.15) is 0 Å². The molecule has 1 unspecified atom stereocenters. The van der Waals surface area contributed by atoms with E-state index in [1.165, 1.54) is 32.1 Å². The van der Waals surface area contributed by atoms with Crippen molar-refractivity contribution in [3.8, 4) is 0 Å². The van der Waals surface area contributed by atoms with E-state index >= 15 is 0 Å². The fraction of sp³-hybridized carbons (Fsp3) is 0.909. The van der Waals surface area contributed by atoms with Crippen molar-refractivity contribution < 1.29 is 4.74 Å². The molecule has 0 aromatic heterocycles. The summed E-state index contributed by atoms with van der Waals surface area (Å²) >= 11 is 0. The Bertz CT molecular complexity index is 209. The van der Waals surface area contributed by atoms with Crippen LogP contribution in [0, 0.1) is 5.92 Å². The second kappa shape index (κ2) is 4.78. The van der Waals surface area contributed by atoms with E-state index in [0.717, 1.165) is 24.8 Å². The highest BCUT2D eigenvalue weighted by Gasteiger charge is 2.29. The van der Waals surface area contributed by atoms with Gasteiger partial charge in [-0.3, -0.25) is 4.99 Å². The van der Waals surface area contributed by atoms with Gasteiger partial charge in [0.05, 0.1) is 6.54 Å². The summed E-state index contributed by atoms with van der Waals surface area (Å²) in [5.41, 5.74) is 5.47. The molecule has 1 saturated carbocycles. The maximum absolute atomic E-state index is 5.81. The van der Waals surface area contributed by atoms with Gasteiger partial charge in [0, 0.05) is 13.0 Å². The minimum Gasteiger partial charge on any atom is -0.475 e. The van der Waals surface area contributed by atoms with E-state index in [2.05, 4.69) is 4.99 Å². The number of nitrogens with zero attached hydrogens (tertiary/aromatic N) is 1. The number of rotatable bonds is 3. The first-order valence-corrected chi connectivity index (χ1v) is 5.80. The van der Waals surface area contributed by atoms with E-state index in [4.69, 9.17) is 10.5 Å². The van der Waals surface area contributed by atoms with Crippen LogP contribution >= 0.6 is 0 Å². The van der Waals surface area contributed by atoms with Crippen LogP contribution in [0.25, 0.3) is 0 Å². The molecule has 0 radical (unpaired) electrons. The van der Waals surface area contributed by atoms with Gasteiger partial charge in [-0.1, -0.05) is 19.3 Å². The first-order valence-electron chi connectivity index (χ1n) is 5.80. The minimum absolute atomic E-state index is 0.372. The van der Waals surface area contributed by atoms with E-state index in [-0.39, 0.29) is 0 Å². The Morgan fingerprint density at radius 1 is 1.29 bits per heavy atom. The fourth-order valence-corrected chi connectivity index (χ4v) is 2.45. The average Bonchev–Trinajstić information content (AvgIpc) is 2.68.